The van der Waals surface area contributed by atoms with E-state index in [1.807, 2.05) is 11.8 Å². The molecule has 18 heavy (non-hydrogen) atoms. The zero-order chi connectivity index (χ0) is 12.5. The van der Waals surface area contributed by atoms with Crippen LogP contribution in [0.25, 0.3) is 0 Å². The molecule has 3 nitrogen and oxygen atoms in total. The third kappa shape index (κ3) is 2.22. The summed E-state index contributed by atoms with van der Waals surface area (Å²) in [6.07, 6.45) is 6.47. The Balaban J connectivity index is 1.86. The molecular weight excluding hydrogens is 242 g/mol. The Bertz CT molecular complexity index is 447. The SMILES string of the molecule is CCC1CCCC(c2nc(N)c3c(n2)CSC3)C1. The van der Waals surface area contributed by atoms with Gasteiger partial charge >= 0.3 is 0 Å². The molecule has 2 N–H and O–H groups in total. The molecule has 0 radical (unpaired) electrons. The Morgan fingerprint density at radius 2 is 2.17 bits per heavy atom. The van der Waals surface area contributed by atoms with Crippen LogP contribution in [0.3, 0.4) is 0 Å². The summed E-state index contributed by atoms with van der Waals surface area (Å²) < 4.78 is 0. The van der Waals surface area contributed by atoms with Crippen LogP contribution in [0.4, 0.5) is 5.82 Å². The number of hydrogen-bond donors (Lipinski definition) is 1. The van der Waals surface area contributed by atoms with E-state index in [0.717, 1.165) is 29.1 Å². The van der Waals surface area contributed by atoms with Crippen molar-refractivity contribution in [3.05, 3.63) is 17.1 Å². The molecule has 1 aromatic heterocycles. The molecule has 2 heterocycles. The van der Waals surface area contributed by atoms with Gasteiger partial charge < -0.3 is 5.73 Å². The molecule has 98 valence electrons. The molecule has 0 saturated heterocycles. The molecule has 0 spiro atoms. The first-order valence-electron chi connectivity index (χ1n) is 7.00. The van der Waals surface area contributed by atoms with Crippen LogP contribution in [0.1, 0.15) is 62.0 Å². The standard InChI is InChI=1S/C14H21N3S/c1-2-9-4-3-5-10(6-9)14-16-12-8-18-7-11(12)13(15)17-14/h9-10H,2-8H2,1H3,(H2,15,16,17). The van der Waals surface area contributed by atoms with Gasteiger partial charge in [-0.1, -0.05) is 26.2 Å². The number of hydrogen-bond acceptors (Lipinski definition) is 4. The zero-order valence-corrected chi connectivity index (χ0v) is 11.8. The van der Waals surface area contributed by atoms with Crippen molar-refractivity contribution in [1.29, 1.82) is 0 Å². The van der Waals surface area contributed by atoms with Crippen molar-refractivity contribution in [3.8, 4) is 0 Å². The Morgan fingerprint density at radius 3 is 3.00 bits per heavy atom. The van der Waals surface area contributed by atoms with Crippen molar-refractivity contribution >= 4 is 17.6 Å². The third-order valence-electron chi connectivity index (χ3n) is 4.35. The average Bonchev–Trinajstić information content (AvgIpc) is 2.87. The van der Waals surface area contributed by atoms with E-state index in [1.54, 1.807) is 0 Å². The van der Waals surface area contributed by atoms with Gasteiger partial charge in [0.05, 0.1) is 5.69 Å². The van der Waals surface area contributed by atoms with Crippen molar-refractivity contribution in [3.63, 3.8) is 0 Å². The largest absolute Gasteiger partial charge is 0.383 e. The van der Waals surface area contributed by atoms with Crippen LogP contribution in [0.2, 0.25) is 0 Å². The Labute approximate surface area is 113 Å². The van der Waals surface area contributed by atoms with Gasteiger partial charge in [-0.15, -0.1) is 0 Å². The number of aromatic nitrogens is 2. The number of rotatable bonds is 2. The molecule has 1 fully saturated rings. The van der Waals surface area contributed by atoms with E-state index in [1.165, 1.54) is 43.4 Å². The van der Waals surface area contributed by atoms with Crippen LogP contribution in [0.15, 0.2) is 0 Å². The lowest BCUT2D eigenvalue weighted by atomic mass is 9.80. The molecule has 0 amide bonds. The normalized spacial score (nSPS) is 27.2. The molecule has 4 heteroatoms. The Kier molecular flexibility index (Phi) is 3.46. The second-order valence-corrected chi connectivity index (χ2v) is 6.51. The fourth-order valence-corrected chi connectivity index (χ4v) is 4.23. The highest BCUT2D eigenvalue weighted by Crippen LogP contribution is 2.38. The first-order chi connectivity index (χ1) is 8.78. The minimum atomic E-state index is 0.543. The summed E-state index contributed by atoms with van der Waals surface area (Å²) in [5.74, 6) is 5.16. The van der Waals surface area contributed by atoms with E-state index in [-0.39, 0.29) is 0 Å². The first kappa shape index (κ1) is 12.3. The van der Waals surface area contributed by atoms with Crippen LogP contribution in [0, 0.1) is 5.92 Å². The number of anilines is 1. The van der Waals surface area contributed by atoms with E-state index in [9.17, 15) is 0 Å². The van der Waals surface area contributed by atoms with Crippen molar-refractivity contribution in [2.45, 2.75) is 56.5 Å². The minimum absolute atomic E-state index is 0.543. The fraction of sp³-hybridized carbons (Fsp3) is 0.714. The van der Waals surface area contributed by atoms with Crippen molar-refractivity contribution in [2.75, 3.05) is 5.73 Å². The smallest absolute Gasteiger partial charge is 0.134 e. The van der Waals surface area contributed by atoms with Crippen LogP contribution >= 0.6 is 11.8 Å². The molecule has 3 rings (SSSR count). The fourth-order valence-electron chi connectivity index (χ4n) is 3.17. The van der Waals surface area contributed by atoms with Gasteiger partial charge in [-0.05, 0) is 18.8 Å². The van der Waals surface area contributed by atoms with Crippen LogP contribution in [-0.4, -0.2) is 9.97 Å². The van der Waals surface area contributed by atoms with Crippen LogP contribution in [0.5, 0.6) is 0 Å². The number of fused-ring (bicyclic) bond motifs is 1. The predicted molar refractivity (Wildman–Crippen MR) is 76.4 cm³/mol. The molecule has 0 aromatic carbocycles. The van der Waals surface area contributed by atoms with Crippen LogP contribution in [-0.2, 0) is 11.5 Å². The summed E-state index contributed by atoms with van der Waals surface area (Å²) in [6.45, 7) is 2.29. The molecule has 2 aliphatic rings. The van der Waals surface area contributed by atoms with E-state index >= 15 is 0 Å². The van der Waals surface area contributed by atoms with Gasteiger partial charge in [0.15, 0.2) is 0 Å². The maximum atomic E-state index is 6.08. The van der Waals surface area contributed by atoms with Gasteiger partial charge in [-0.25, -0.2) is 9.97 Å². The highest BCUT2D eigenvalue weighted by atomic mass is 32.2. The summed E-state index contributed by atoms with van der Waals surface area (Å²) in [4.78, 5) is 9.39. The highest BCUT2D eigenvalue weighted by molar-refractivity contribution is 7.98. The third-order valence-corrected chi connectivity index (χ3v) is 5.32. The molecule has 1 aliphatic heterocycles. The molecule has 1 saturated carbocycles. The summed E-state index contributed by atoms with van der Waals surface area (Å²) in [5.41, 5.74) is 8.46. The van der Waals surface area contributed by atoms with Crippen molar-refractivity contribution in [2.24, 2.45) is 5.92 Å². The first-order valence-corrected chi connectivity index (χ1v) is 8.16. The van der Waals surface area contributed by atoms with Crippen LogP contribution < -0.4 is 5.73 Å². The van der Waals surface area contributed by atoms with Crippen molar-refractivity contribution in [1.82, 2.24) is 9.97 Å². The van der Waals surface area contributed by atoms with Gasteiger partial charge in [0.2, 0.25) is 0 Å². The average molecular weight is 263 g/mol. The molecule has 1 aromatic rings. The molecular formula is C14H21N3S. The second kappa shape index (κ2) is 5.08. The van der Waals surface area contributed by atoms with Gasteiger partial charge in [-0.2, -0.15) is 11.8 Å². The summed E-state index contributed by atoms with van der Waals surface area (Å²) in [7, 11) is 0. The number of thioether (sulfide) groups is 1. The summed E-state index contributed by atoms with van der Waals surface area (Å²) in [6, 6.07) is 0. The molecule has 2 atom stereocenters. The second-order valence-electron chi connectivity index (χ2n) is 5.52. The Hall–Kier alpha value is -0.770. The number of nitrogens with two attached hydrogens (primary N) is 1. The maximum absolute atomic E-state index is 6.08. The number of nitrogen functional groups attached to an aromatic ring is 1. The van der Waals surface area contributed by atoms with Gasteiger partial charge in [-0.3, -0.25) is 0 Å². The summed E-state index contributed by atoms with van der Waals surface area (Å²) in [5, 5.41) is 0. The van der Waals surface area contributed by atoms with E-state index in [4.69, 9.17) is 10.7 Å². The zero-order valence-electron chi connectivity index (χ0n) is 11.0. The van der Waals surface area contributed by atoms with Gasteiger partial charge in [0.25, 0.3) is 0 Å². The summed E-state index contributed by atoms with van der Waals surface area (Å²) >= 11 is 1.89. The lowest BCUT2D eigenvalue weighted by Gasteiger charge is -2.27. The van der Waals surface area contributed by atoms with Gasteiger partial charge in [0.1, 0.15) is 11.6 Å². The lowest BCUT2D eigenvalue weighted by molar-refractivity contribution is 0.307. The minimum Gasteiger partial charge on any atom is -0.383 e. The maximum Gasteiger partial charge on any atom is 0.134 e. The monoisotopic (exact) mass is 263 g/mol. The van der Waals surface area contributed by atoms with Crippen molar-refractivity contribution < 1.29 is 0 Å². The highest BCUT2D eigenvalue weighted by Gasteiger charge is 2.26. The van der Waals surface area contributed by atoms with E-state index in [0.29, 0.717) is 5.92 Å². The topological polar surface area (TPSA) is 51.8 Å². The molecule has 2 unspecified atom stereocenters. The number of nitrogens with zero attached hydrogens (tertiary/aromatic N) is 2. The van der Waals surface area contributed by atoms with E-state index < -0.39 is 0 Å². The Morgan fingerprint density at radius 1 is 1.28 bits per heavy atom. The predicted octanol–water partition coefficient (Wildman–Crippen LogP) is 3.49. The van der Waals surface area contributed by atoms with E-state index in [2.05, 4.69) is 11.9 Å². The molecule has 1 aliphatic carbocycles. The van der Waals surface area contributed by atoms with Gasteiger partial charge in [0, 0.05) is 23.0 Å². The quantitative estimate of drug-likeness (QED) is 0.887. The lowest BCUT2D eigenvalue weighted by Crippen LogP contribution is -2.17. The molecule has 0 bridgehead atoms.